The molecule has 0 radical (unpaired) electrons. The van der Waals surface area contributed by atoms with Gasteiger partial charge in [0.15, 0.2) is 17.3 Å². The van der Waals surface area contributed by atoms with Gasteiger partial charge < -0.3 is 9.47 Å². The summed E-state index contributed by atoms with van der Waals surface area (Å²) < 4.78 is 10.9. The van der Waals surface area contributed by atoms with E-state index < -0.39 is 16.8 Å². The van der Waals surface area contributed by atoms with Crippen molar-refractivity contribution in [3.05, 3.63) is 105 Å². The van der Waals surface area contributed by atoms with Gasteiger partial charge in [-0.05, 0) is 23.3 Å². The molecule has 2 atom stereocenters. The number of carbonyl (C=O) groups is 1. The molecule has 3 aromatic carbocycles. The third-order valence-corrected chi connectivity index (χ3v) is 5.60. The van der Waals surface area contributed by atoms with Gasteiger partial charge in [0, 0.05) is 23.1 Å². The molecule has 31 heavy (non-hydrogen) atoms. The van der Waals surface area contributed by atoms with Gasteiger partial charge in [0.2, 0.25) is 0 Å². The summed E-state index contributed by atoms with van der Waals surface area (Å²) in [7, 11) is 3.09. The molecule has 3 aromatic rings. The minimum atomic E-state index is -0.650. The van der Waals surface area contributed by atoms with Crippen molar-refractivity contribution in [1.29, 1.82) is 0 Å². The quantitative estimate of drug-likeness (QED) is 0.306. The zero-order valence-electron chi connectivity index (χ0n) is 17.1. The predicted molar refractivity (Wildman–Crippen MR) is 118 cm³/mol. The van der Waals surface area contributed by atoms with Crippen molar-refractivity contribution < 1.29 is 19.2 Å². The second kappa shape index (κ2) is 8.44. The third kappa shape index (κ3) is 3.68. The molecule has 0 bridgehead atoms. The number of nitro groups is 1. The number of nitrogens with zero attached hydrogens (tertiary/aromatic N) is 1. The molecule has 0 saturated carbocycles. The Kier molecular flexibility index (Phi) is 5.54. The van der Waals surface area contributed by atoms with E-state index in [0.717, 1.165) is 11.1 Å². The van der Waals surface area contributed by atoms with Crippen LogP contribution in [0.2, 0.25) is 0 Å². The Morgan fingerprint density at radius 3 is 2.23 bits per heavy atom. The molecule has 0 fully saturated rings. The second-order valence-electron chi connectivity index (χ2n) is 7.24. The lowest BCUT2D eigenvalue weighted by atomic mass is 9.72. The van der Waals surface area contributed by atoms with Gasteiger partial charge in [0.1, 0.15) is 0 Å². The molecule has 0 aromatic heterocycles. The van der Waals surface area contributed by atoms with Gasteiger partial charge in [0.25, 0.3) is 5.69 Å². The molecule has 6 heteroatoms. The van der Waals surface area contributed by atoms with Crippen LogP contribution in [0.5, 0.6) is 11.5 Å². The number of allylic oxidation sites excluding steroid dienone is 1. The predicted octanol–water partition coefficient (Wildman–Crippen LogP) is 5.39. The molecule has 156 valence electrons. The number of ketones is 1. The fraction of sp³-hybridized carbons (Fsp3) is 0.160. The number of nitro benzene ring substituents is 1. The summed E-state index contributed by atoms with van der Waals surface area (Å²) in [6.45, 7) is 0. The Morgan fingerprint density at radius 1 is 0.903 bits per heavy atom. The monoisotopic (exact) mass is 415 g/mol. The maximum Gasteiger partial charge on any atom is 0.273 e. The van der Waals surface area contributed by atoms with Gasteiger partial charge >= 0.3 is 0 Å². The van der Waals surface area contributed by atoms with Crippen molar-refractivity contribution in [3.8, 4) is 11.5 Å². The summed E-state index contributed by atoms with van der Waals surface area (Å²) in [6.07, 6.45) is 3.75. The molecular weight excluding hydrogens is 394 g/mol. The first kappa shape index (κ1) is 20.3. The standard InChI is InChI=1S/C25H21NO5/c1-30-22-14-17-12-13-19(18-10-6-7-11-21(18)26(28)29)24(20(17)15-23(22)31-2)25(27)16-8-4-3-5-9-16/h3-15,19,24H,1-2H3/t19-,24-/m0/s1. The molecule has 0 amide bonds. The van der Waals surface area contributed by atoms with Gasteiger partial charge in [-0.3, -0.25) is 14.9 Å². The lowest BCUT2D eigenvalue weighted by Gasteiger charge is -2.30. The van der Waals surface area contributed by atoms with Crippen LogP contribution in [0.1, 0.15) is 38.9 Å². The Balaban J connectivity index is 1.93. The lowest BCUT2D eigenvalue weighted by Crippen LogP contribution is -2.23. The minimum absolute atomic E-state index is 0.00746. The van der Waals surface area contributed by atoms with E-state index in [1.165, 1.54) is 13.2 Å². The van der Waals surface area contributed by atoms with E-state index in [-0.39, 0.29) is 11.5 Å². The summed E-state index contributed by atoms with van der Waals surface area (Å²) in [5.74, 6) is -0.200. The number of methoxy groups -OCH3 is 2. The number of carbonyl (C=O) groups excluding carboxylic acids is 1. The largest absolute Gasteiger partial charge is 0.493 e. The van der Waals surface area contributed by atoms with Gasteiger partial charge in [-0.1, -0.05) is 60.7 Å². The van der Waals surface area contributed by atoms with Crippen molar-refractivity contribution in [2.45, 2.75) is 11.8 Å². The molecule has 1 aliphatic rings. The van der Waals surface area contributed by atoms with Crippen LogP contribution in [0.15, 0.2) is 72.8 Å². The molecule has 0 N–H and O–H groups in total. The Labute approximate surface area is 179 Å². The summed E-state index contributed by atoms with van der Waals surface area (Å²) in [5.41, 5.74) is 2.61. The first-order valence-corrected chi connectivity index (χ1v) is 9.82. The van der Waals surface area contributed by atoms with Gasteiger partial charge in [-0.25, -0.2) is 0 Å². The molecule has 1 aliphatic carbocycles. The summed E-state index contributed by atoms with van der Waals surface area (Å²) >= 11 is 0. The molecular formula is C25H21NO5. The molecule has 0 unspecified atom stereocenters. The molecule has 0 saturated heterocycles. The topological polar surface area (TPSA) is 78.7 Å². The average Bonchev–Trinajstić information content (AvgIpc) is 2.82. The fourth-order valence-corrected chi connectivity index (χ4v) is 4.14. The lowest BCUT2D eigenvalue weighted by molar-refractivity contribution is -0.385. The van der Waals surface area contributed by atoms with Gasteiger partial charge in [0.05, 0.1) is 25.1 Å². The number of rotatable bonds is 6. The van der Waals surface area contributed by atoms with Gasteiger partial charge in [-0.2, -0.15) is 0 Å². The number of fused-ring (bicyclic) bond motifs is 1. The van der Waals surface area contributed by atoms with E-state index in [2.05, 4.69) is 0 Å². The zero-order chi connectivity index (χ0) is 22.0. The maximum atomic E-state index is 13.7. The van der Waals surface area contributed by atoms with Crippen molar-refractivity contribution in [2.24, 2.45) is 0 Å². The Morgan fingerprint density at radius 2 is 1.55 bits per heavy atom. The Bertz CT molecular complexity index is 1170. The highest BCUT2D eigenvalue weighted by molar-refractivity contribution is 6.03. The smallest absolute Gasteiger partial charge is 0.273 e. The number of hydrogen-bond donors (Lipinski definition) is 0. The summed E-state index contributed by atoms with van der Waals surface area (Å²) in [6, 6.07) is 19.2. The SMILES string of the molecule is COc1cc2c(cc1OC)[C@@H](C(=O)c1ccccc1)[C@H](c1ccccc1[N+](=O)[O-])C=C2. The summed E-state index contributed by atoms with van der Waals surface area (Å²) in [4.78, 5) is 25.0. The minimum Gasteiger partial charge on any atom is -0.493 e. The third-order valence-electron chi connectivity index (χ3n) is 5.60. The number of para-hydroxylation sites is 1. The Hall–Kier alpha value is -3.93. The molecule has 0 spiro atoms. The molecule has 6 nitrogen and oxygen atoms in total. The first-order valence-electron chi connectivity index (χ1n) is 9.82. The van der Waals surface area contributed by atoms with E-state index >= 15 is 0 Å². The van der Waals surface area contributed by atoms with E-state index in [9.17, 15) is 14.9 Å². The van der Waals surface area contributed by atoms with Crippen LogP contribution in [0.3, 0.4) is 0 Å². The van der Waals surface area contributed by atoms with E-state index in [0.29, 0.717) is 22.6 Å². The second-order valence-corrected chi connectivity index (χ2v) is 7.24. The van der Waals surface area contributed by atoms with Crippen LogP contribution in [0, 0.1) is 10.1 Å². The van der Waals surface area contributed by atoms with Crippen molar-refractivity contribution in [3.63, 3.8) is 0 Å². The van der Waals surface area contributed by atoms with Crippen LogP contribution in [0.4, 0.5) is 5.69 Å². The van der Waals surface area contributed by atoms with Crippen LogP contribution in [-0.2, 0) is 0 Å². The summed E-state index contributed by atoms with van der Waals surface area (Å²) in [5, 5.41) is 11.7. The highest BCUT2D eigenvalue weighted by Crippen LogP contribution is 2.47. The van der Waals surface area contributed by atoms with E-state index in [4.69, 9.17) is 9.47 Å². The highest BCUT2D eigenvalue weighted by Gasteiger charge is 2.37. The number of ether oxygens (including phenoxy) is 2. The normalized spacial score (nSPS) is 17.0. The van der Waals surface area contributed by atoms with Crippen LogP contribution in [-0.4, -0.2) is 24.9 Å². The number of Topliss-reactive ketones (excluding diaryl/α,β-unsaturated/α-hetero) is 1. The van der Waals surface area contributed by atoms with Crippen LogP contribution in [0.25, 0.3) is 6.08 Å². The maximum absolute atomic E-state index is 13.7. The molecule has 0 heterocycles. The first-order chi connectivity index (χ1) is 15.0. The van der Waals surface area contributed by atoms with Crippen molar-refractivity contribution in [1.82, 2.24) is 0 Å². The van der Waals surface area contributed by atoms with E-state index in [1.807, 2.05) is 24.3 Å². The zero-order valence-corrected chi connectivity index (χ0v) is 17.1. The number of benzene rings is 3. The van der Waals surface area contributed by atoms with E-state index in [1.54, 1.807) is 55.6 Å². The van der Waals surface area contributed by atoms with Crippen molar-refractivity contribution in [2.75, 3.05) is 14.2 Å². The highest BCUT2D eigenvalue weighted by atomic mass is 16.6. The van der Waals surface area contributed by atoms with Gasteiger partial charge in [-0.15, -0.1) is 0 Å². The van der Waals surface area contributed by atoms with Crippen LogP contribution < -0.4 is 9.47 Å². The fourth-order valence-electron chi connectivity index (χ4n) is 4.14. The van der Waals surface area contributed by atoms with Crippen LogP contribution >= 0.6 is 0 Å². The molecule has 0 aliphatic heterocycles. The average molecular weight is 415 g/mol. The molecule has 4 rings (SSSR count). The number of hydrogen-bond acceptors (Lipinski definition) is 5. The van der Waals surface area contributed by atoms with Crippen molar-refractivity contribution >= 4 is 17.5 Å².